The molecular formula is C14H20Br2Si2. The van der Waals surface area contributed by atoms with E-state index >= 15 is 0 Å². The second-order valence-electron chi connectivity index (χ2n) is 6.61. The van der Waals surface area contributed by atoms with Crippen molar-refractivity contribution >= 4 is 58.4 Å². The molecule has 0 nitrogen and oxygen atoms in total. The highest BCUT2D eigenvalue weighted by Gasteiger charge is 2.29. The van der Waals surface area contributed by atoms with Gasteiger partial charge >= 0.3 is 0 Å². The van der Waals surface area contributed by atoms with E-state index in [0.29, 0.717) is 0 Å². The molecule has 1 aromatic carbocycles. The van der Waals surface area contributed by atoms with E-state index in [9.17, 15) is 0 Å². The van der Waals surface area contributed by atoms with Crippen LogP contribution in [0.4, 0.5) is 0 Å². The summed E-state index contributed by atoms with van der Waals surface area (Å²) in [6, 6.07) is 2.28. The zero-order valence-corrected chi connectivity index (χ0v) is 17.1. The predicted molar refractivity (Wildman–Crippen MR) is 95.7 cm³/mol. The van der Waals surface area contributed by atoms with Crippen LogP contribution in [0.3, 0.4) is 0 Å². The minimum Gasteiger partial charge on any atom is -0.115 e. The van der Waals surface area contributed by atoms with E-state index in [1.807, 2.05) is 0 Å². The Morgan fingerprint density at radius 1 is 1.00 bits per heavy atom. The summed E-state index contributed by atoms with van der Waals surface area (Å²) in [7, 11) is -2.86. The average Bonchev–Trinajstić information content (AvgIpc) is 2.16. The van der Waals surface area contributed by atoms with Crippen LogP contribution in [0.5, 0.6) is 0 Å². The van der Waals surface area contributed by atoms with E-state index in [0.717, 1.165) is 10.0 Å². The maximum absolute atomic E-state index is 5.77. The van der Waals surface area contributed by atoms with Crippen LogP contribution in [0.25, 0.3) is 0 Å². The number of hydrogen-bond donors (Lipinski definition) is 0. The first-order valence-corrected chi connectivity index (χ1v) is 14.6. The van der Waals surface area contributed by atoms with Gasteiger partial charge in [-0.05, 0) is 32.4 Å². The molecule has 0 aliphatic carbocycles. The normalized spacial score (nSPS) is 12.4. The standard InChI is InChI=1S/C14H20Br2Si2/c1-8-10-13(16)12(17(2,3)4)9-11(15)14(10)18(5,6)7/h1,9H,2-7H3. The van der Waals surface area contributed by atoms with Crippen LogP contribution in [0.2, 0.25) is 39.3 Å². The third-order valence-electron chi connectivity index (χ3n) is 2.92. The molecule has 0 unspecified atom stereocenters. The summed E-state index contributed by atoms with van der Waals surface area (Å²) in [5, 5.41) is 2.74. The highest BCUT2D eigenvalue weighted by molar-refractivity contribution is 9.11. The Morgan fingerprint density at radius 2 is 1.50 bits per heavy atom. The summed E-state index contributed by atoms with van der Waals surface area (Å²) in [5.74, 6) is 2.90. The molecular weight excluding hydrogens is 384 g/mol. The molecule has 0 spiro atoms. The number of hydrogen-bond acceptors (Lipinski definition) is 0. The number of benzene rings is 1. The Balaban J connectivity index is 3.74. The summed E-state index contributed by atoms with van der Waals surface area (Å²) in [5.41, 5.74) is 1.06. The Labute approximate surface area is 130 Å². The van der Waals surface area contributed by atoms with Crippen molar-refractivity contribution in [3.05, 3.63) is 20.6 Å². The van der Waals surface area contributed by atoms with Crippen LogP contribution in [0, 0.1) is 12.3 Å². The van der Waals surface area contributed by atoms with E-state index in [1.54, 1.807) is 0 Å². The van der Waals surface area contributed by atoms with Gasteiger partial charge in [-0.15, -0.1) is 6.42 Å². The van der Waals surface area contributed by atoms with Crippen molar-refractivity contribution in [2.45, 2.75) is 39.3 Å². The van der Waals surface area contributed by atoms with E-state index in [1.165, 1.54) is 14.8 Å². The van der Waals surface area contributed by atoms with Gasteiger partial charge < -0.3 is 0 Å². The van der Waals surface area contributed by atoms with Crippen molar-refractivity contribution in [1.29, 1.82) is 0 Å². The maximum Gasteiger partial charge on any atom is 0.0807 e. The van der Waals surface area contributed by atoms with Crippen LogP contribution in [0.15, 0.2) is 15.0 Å². The van der Waals surface area contributed by atoms with E-state index in [-0.39, 0.29) is 0 Å². The number of terminal acetylenes is 1. The largest absolute Gasteiger partial charge is 0.115 e. The molecule has 0 saturated heterocycles. The first kappa shape index (κ1) is 16.2. The molecule has 0 heterocycles. The minimum absolute atomic E-state index is 1.06. The number of rotatable bonds is 2. The van der Waals surface area contributed by atoms with Gasteiger partial charge in [-0.3, -0.25) is 0 Å². The van der Waals surface area contributed by atoms with E-state index in [4.69, 9.17) is 6.42 Å². The fourth-order valence-corrected chi connectivity index (χ4v) is 9.95. The second kappa shape index (κ2) is 5.28. The Kier molecular flexibility index (Phi) is 4.76. The molecule has 0 aliphatic heterocycles. The third kappa shape index (κ3) is 3.19. The summed E-state index contributed by atoms with van der Waals surface area (Å²) in [6.07, 6.45) is 5.77. The highest BCUT2D eigenvalue weighted by atomic mass is 79.9. The van der Waals surface area contributed by atoms with Crippen molar-refractivity contribution in [2.24, 2.45) is 0 Å². The average molecular weight is 404 g/mol. The van der Waals surface area contributed by atoms with Gasteiger partial charge in [-0.25, -0.2) is 0 Å². The van der Waals surface area contributed by atoms with Crippen LogP contribution in [-0.2, 0) is 0 Å². The molecule has 0 bridgehead atoms. The molecule has 1 rings (SSSR count). The van der Waals surface area contributed by atoms with Gasteiger partial charge in [0.15, 0.2) is 0 Å². The van der Waals surface area contributed by atoms with Crippen molar-refractivity contribution in [2.75, 3.05) is 0 Å². The molecule has 0 N–H and O–H groups in total. The van der Waals surface area contributed by atoms with Gasteiger partial charge in [-0.1, -0.05) is 61.1 Å². The molecule has 0 fully saturated rings. The second-order valence-corrected chi connectivity index (χ2v) is 18.3. The van der Waals surface area contributed by atoms with Crippen molar-refractivity contribution < 1.29 is 0 Å². The first-order valence-electron chi connectivity index (χ1n) is 5.99. The summed E-state index contributed by atoms with van der Waals surface area (Å²) < 4.78 is 2.33. The van der Waals surface area contributed by atoms with Gasteiger partial charge in [0.2, 0.25) is 0 Å². The summed E-state index contributed by atoms with van der Waals surface area (Å²) in [6.45, 7) is 14.0. The Bertz CT molecular complexity index is 515. The van der Waals surface area contributed by atoms with Gasteiger partial charge in [0.1, 0.15) is 0 Å². The minimum atomic E-state index is -1.46. The molecule has 1 aromatic rings. The molecule has 98 valence electrons. The first-order chi connectivity index (χ1) is 8.00. The molecule has 0 aliphatic rings. The van der Waals surface area contributed by atoms with Crippen LogP contribution in [-0.4, -0.2) is 16.1 Å². The number of halogens is 2. The topological polar surface area (TPSA) is 0 Å². The lowest BCUT2D eigenvalue weighted by molar-refractivity contribution is 1.56. The van der Waals surface area contributed by atoms with E-state index < -0.39 is 16.1 Å². The lowest BCUT2D eigenvalue weighted by Gasteiger charge is -2.27. The van der Waals surface area contributed by atoms with Gasteiger partial charge in [-0.2, -0.15) is 0 Å². The predicted octanol–water partition coefficient (Wildman–Crippen LogP) is 4.28. The Hall–Kier alpha value is 0.174. The van der Waals surface area contributed by atoms with Gasteiger partial charge in [0.25, 0.3) is 0 Å². The van der Waals surface area contributed by atoms with Crippen molar-refractivity contribution in [3.63, 3.8) is 0 Å². The fraction of sp³-hybridized carbons (Fsp3) is 0.429. The third-order valence-corrected chi connectivity index (χ3v) is 9.13. The molecule has 0 aromatic heterocycles. The molecule has 18 heavy (non-hydrogen) atoms. The fourth-order valence-electron chi connectivity index (χ4n) is 2.04. The quantitative estimate of drug-likeness (QED) is 0.510. The summed E-state index contributed by atoms with van der Waals surface area (Å²) in [4.78, 5) is 0. The van der Waals surface area contributed by atoms with E-state index in [2.05, 4.69) is 83.1 Å². The molecule has 4 heteroatoms. The molecule has 0 amide bonds. The summed E-state index contributed by atoms with van der Waals surface area (Å²) >= 11 is 7.49. The maximum atomic E-state index is 5.77. The Morgan fingerprint density at radius 3 is 1.83 bits per heavy atom. The van der Waals surface area contributed by atoms with Crippen molar-refractivity contribution in [3.8, 4) is 12.3 Å². The molecule has 0 radical (unpaired) electrons. The van der Waals surface area contributed by atoms with Crippen molar-refractivity contribution in [1.82, 2.24) is 0 Å². The van der Waals surface area contributed by atoms with Gasteiger partial charge in [0.05, 0.1) is 16.1 Å². The zero-order chi connectivity index (χ0) is 14.3. The zero-order valence-electron chi connectivity index (χ0n) is 11.9. The smallest absolute Gasteiger partial charge is 0.0807 e. The lowest BCUT2D eigenvalue weighted by atomic mass is 10.2. The molecule has 0 atom stereocenters. The SMILES string of the molecule is C#Cc1c(Br)c([Si](C)(C)C)cc(Br)c1[Si](C)(C)C. The highest BCUT2D eigenvalue weighted by Crippen LogP contribution is 2.24. The van der Waals surface area contributed by atoms with Crippen LogP contribution in [0.1, 0.15) is 5.56 Å². The van der Waals surface area contributed by atoms with Gasteiger partial charge in [0, 0.05) is 14.5 Å². The van der Waals surface area contributed by atoms with Crippen LogP contribution < -0.4 is 10.4 Å². The van der Waals surface area contributed by atoms with Crippen LogP contribution >= 0.6 is 31.9 Å². The molecule has 0 saturated carbocycles. The lowest BCUT2D eigenvalue weighted by Crippen LogP contribution is -2.46. The monoisotopic (exact) mass is 402 g/mol.